The Kier molecular flexibility index (Phi) is 2.51. The van der Waals surface area contributed by atoms with Gasteiger partial charge < -0.3 is 0 Å². The molecule has 4 nitrogen and oxygen atoms in total. The van der Waals surface area contributed by atoms with Crippen LogP contribution in [0.5, 0.6) is 0 Å². The third-order valence-electron chi connectivity index (χ3n) is 4.22. The van der Waals surface area contributed by atoms with E-state index in [9.17, 15) is 19.2 Å². The summed E-state index contributed by atoms with van der Waals surface area (Å²) >= 11 is 0. The minimum Gasteiger partial charge on any atom is -0.294 e. The Bertz CT molecular complexity index is 905. The molecule has 4 rings (SSSR count). The predicted molar refractivity (Wildman–Crippen MR) is 78.4 cm³/mol. The van der Waals surface area contributed by atoms with Gasteiger partial charge in [0.2, 0.25) is 0 Å². The van der Waals surface area contributed by atoms with Gasteiger partial charge in [-0.25, -0.2) is 0 Å². The van der Waals surface area contributed by atoms with Gasteiger partial charge in [-0.3, -0.25) is 19.2 Å². The summed E-state index contributed by atoms with van der Waals surface area (Å²) in [5.74, 6) is -0.735. The Morgan fingerprint density at radius 1 is 0.591 bits per heavy atom. The van der Waals surface area contributed by atoms with Gasteiger partial charge in [-0.2, -0.15) is 0 Å². The lowest BCUT2D eigenvalue weighted by Gasteiger charge is -2.08. The van der Waals surface area contributed by atoms with E-state index in [1.165, 1.54) is 0 Å². The molecule has 2 aliphatic carbocycles. The third-order valence-corrected chi connectivity index (χ3v) is 4.22. The fraction of sp³-hybridized carbons (Fsp3) is 0.111. The van der Waals surface area contributed by atoms with Crippen LogP contribution in [0.3, 0.4) is 0 Å². The van der Waals surface area contributed by atoms with Crippen molar-refractivity contribution in [3.8, 4) is 11.1 Å². The second-order valence-electron chi connectivity index (χ2n) is 5.53. The summed E-state index contributed by atoms with van der Waals surface area (Å²) in [4.78, 5) is 47.5. The van der Waals surface area contributed by atoms with Crippen LogP contribution in [0.25, 0.3) is 11.1 Å². The molecule has 106 valence electrons. The van der Waals surface area contributed by atoms with Crippen LogP contribution >= 0.6 is 0 Å². The Morgan fingerprint density at radius 2 is 1.23 bits per heavy atom. The lowest BCUT2D eigenvalue weighted by atomic mass is 9.94. The van der Waals surface area contributed by atoms with Gasteiger partial charge in [-0.05, 0) is 17.2 Å². The highest BCUT2D eigenvalue weighted by atomic mass is 16.2. The highest BCUT2D eigenvalue weighted by molar-refractivity contribution is 6.27. The second kappa shape index (κ2) is 4.31. The van der Waals surface area contributed by atoms with E-state index < -0.39 is 0 Å². The molecule has 0 aliphatic heterocycles. The monoisotopic (exact) mass is 290 g/mol. The van der Waals surface area contributed by atoms with Gasteiger partial charge in [0.1, 0.15) is 0 Å². The molecular weight excluding hydrogens is 280 g/mol. The molecule has 0 N–H and O–H groups in total. The minimum atomic E-state index is -0.197. The average Bonchev–Trinajstić information content (AvgIpc) is 2.96. The fourth-order valence-corrected chi connectivity index (χ4v) is 3.18. The first-order chi connectivity index (χ1) is 10.6. The first-order valence-corrected chi connectivity index (χ1v) is 6.96. The molecule has 0 saturated heterocycles. The number of hydrogen-bond acceptors (Lipinski definition) is 4. The van der Waals surface area contributed by atoms with E-state index in [-0.39, 0.29) is 36.0 Å². The van der Waals surface area contributed by atoms with Crippen LogP contribution in [-0.2, 0) is 0 Å². The van der Waals surface area contributed by atoms with Crippen LogP contribution < -0.4 is 0 Å². The highest BCUT2D eigenvalue weighted by Gasteiger charge is 2.31. The van der Waals surface area contributed by atoms with E-state index in [2.05, 4.69) is 0 Å². The third kappa shape index (κ3) is 1.64. The van der Waals surface area contributed by atoms with Gasteiger partial charge in [0.25, 0.3) is 0 Å². The number of fused-ring (bicyclic) bond motifs is 2. The van der Waals surface area contributed by atoms with Crippen LogP contribution in [0.4, 0.5) is 0 Å². The van der Waals surface area contributed by atoms with Gasteiger partial charge in [-0.15, -0.1) is 0 Å². The molecule has 2 aliphatic rings. The molecule has 0 radical (unpaired) electrons. The summed E-state index contributed by atoms with van der Waals surface area (Å²) < 4.78 is 0. The van der Waals surface area contributed by atoms with Crippen molar-refractivity contribution >= 4 is 23.1 Å². The number of ketones is 4. The van der Waals surface area contributed by atoms with Crippen LogP contribution in [-0.4, -0.2) is 23.1 Å². The van der Waals surface area contributed by atoms with Crippen LogP contribution in [0, 0.1) is 0 Å². The summed E-state index contributed by atoms with van der Waals surface area (Å²) in [7, 11) is 0. The number of carbonyl (C=O) groups excluding carboxylic acids is 4. The molecule has 0 aromatic heterocycles. The molecule has 0 atom stereocenters. The molecule has 22 heavy (non-hydrogen) atoms. The maximum absolute atomic E-state index is 12.1. The van der Waals surface area contributed by atoms with Gasteiger partial charge in [0, 0.05) is 22.3 Å². The number of carbonyl (C=O) groups is 4. The SMILES string of the molecule is O=C1CC(=O)c2cc(-c3cccc4c3C(=O)CC4=O)ccc21. The summed E-state index contributed by atoms with van der Waals surface area (Å²) in [6, 6.07) is 10.1. The number of rotatable bonds is 1. The lowest BCUT2D eigenvalue weighted by molar-refractivity contribution is 0.0907. The first-order valence-electron chi connectivity index (χ1n) is 6.96. The fourth-order valence-electron chi connectivity index (χ4n) is 3.18. The first kappa shape index (κ1) is 12.8. The topological polar surface area (TPSA) is 68.3 Å². The maximum atomic E-state index is 12.1. The quantitative estimate of drug-likeness (QED) is 0.757. The van der Waals surface area contributed by atoms with E-state index >= 15 is 0 Å². The van der Waals surface area contributed by atoms with E-state index in [0.717, 1.165) is 0 Å². The maximum Gasteiger partial charge on any atom is 0.171 e. The van der Waals surface area contributed by atoms with Crippen LogP contribution in [0.2, 0.25) is 0 Å². The van der Waals surface area contributed by atoms with Crippen LogP contribution in [0.1, 0.15) is 54.3 Å². The van der Waals surface area contributed by atoms with E-state index in [1.807, 2.05) is 0 Å². The highest BCUT2D eigenvalue weighted by Crippen LogP contribution is 2.34. The van der Waals surface area contributed by atoms with Crippen molar-refractivity contribution in [2.75, 3.05) is 0 Å². The Labute approximate surface area is 125 Å². The lowest BCUT2D eigenvalue weighted by Crippen LogP contribution is -1.97. The molecule has 0 saturated carbocycles. The Balaban J connectivity index is 1.94. The normalized spacial score (nSPS) is 16.2. The summed E-state index contributed by atoms with van der Waals surface area (Å²) in [5.41, 5.74) is 3.01. The molecule has 4 heteroatoms. The zero-order chi connectivity index (χ0) is 15.4. The second-order valence-corrected chi connectivity index (χ2v) is 5.53. The molecule has 0 spiro atoms. The van der Waals surface area contributed by atoms with E-state index in [1.54, 1.807) is 36.4 Å². The van der Waals surface area contributed by atoms with Gasteiger partial charge in [0.15, 0.2) is 23.1 Å². The minimum absolute atomic E-state index is 0.0941. The summed E-state index contributed by atoms with van der Waals surface area (Å²) in [5, 5.41) is 0. The van der Waals surface area contributed by atoms with E-state index in [0.29, 0.717) is 33.4 Å². The molecule has 0 heterocycles. The van der Waals surface area contributed by atoms with Crippen molar-refractivity contribution in [3.05, 3.63) is 58.7 Å². The number of hydrogen-bond donors (Lipinski definition) is 0. The van der Waals surface area contributed by atoms with Crippen molar-refractivity contribution in [2.24, 2.45) is 0 Å². The largest absolute Gasteiger partial charge is 0.294 e. The standard InChI is InChI=1S/C18H10O4/c19-14-7-16(21)13-6-9(4-5-11(13)14)10-2-1-3-12-15(20)8-17(22)18(10)12/h1-6H,7-8H2. The smallest absolute Gasteiger partial charge is 0.171 e. The summed E-state index contributed by atoms with van der Waals surface area (Å²) in [6.07, 6.45) is -0.197. The number of Topliss-reactive ketones (excluding diaryl/α,β-unsaturated/α-hetero) is 4. The van der Waals surface area contributed by atoms with Gasteiger partial charge in [0.05, 0.1) is 12.8 Å². The van der Waals surface area contributed by atoms with Crippen molar-refractivity contribution in [1.29, 1.82) is 0 Å². The molecule has 0 amide bonds. The molecule has 0 bridgehead atoms. The Morgan fingerprint density at radius 3 is 2.05 bits per heavy atom. The molecular formula is C18H10O4. The van der Waals surface area contributed by atoms with Gasteiger partial charge >= 0.3 is 0 Å². The van der Waals surface area contributed by atoms with Crippen molar-refractivity contribution in [2.45, 2.75) is 12.8 Å². The van der Waals surface area contributed by atoms with Crippen LogP contribution in [0.15, 0.2) is 36.4 Å². The number of benzene rings is 2. The van der Waals surface area contributed by atoms with Crippen molar-refractivity contribution in [1.82, 2.24) is 0 Å². The van der Waals surface area contributed by atoms with Gasteiger partial charge in [-0.1, -0.05) is 30.3 Å². The van der Waals surface area contributed by atoms with Crippen molar-refractivity contribution < 1.29 is 19.2 Å². The molecule has 2 aromatic rings. The molecule has 2 aromatic carbocycles. The predicted octanol–water partition coefficient (Wildman–Crippen LogP) is 2.89. The van der Waals surface area contributed by atoms with E-state index in [4.69, 9.17) is 0 Å². The summed E-state index contributed by atoms with van der Waals surface area (Å²) in [6.45, 7) is 0. The molecule has 0 fully saturated rings. The molecule has 0 unspecified atom stereocenters. The zero-order valence-electron chi connectivity index (χ0n) is 11.5. The zero-order valence-corrected chi connectivity index (χ0v) is 11.5. The van der Waals surface area contributed by atoms with Crippen molar-refractivity contribution in [3.63, 3.8) is 0 Å². The Hall–Kier alpha value is -2.88. The average molecular weight is 290 g/mol.